The van der Waals surface area contributed by atoms with Crippen LogP contribution in [0.5, 0.6) is 5.75 Å². The van der Waals surface area contributed by atoms with Crippen LogP contribution in [-0.4, -0.2) is 40.1 Å². The molecule has 2 aliphatic heterocycles. The predicted octanol–water partition coefficient (Wildman–Crippen LogP) is 5.92. The Labute approximate surface area is 206 Å². The molecule has 1 N–H and O–H groups in total. The lowest BCUT2D eigenvalue weighted by Gasteiger charge is -2.48. The molecule has 6 nitrogen and oxygen atoms in total. The Morgan fingerprint density at radius 3 is 2.40 bits per heavy atom. The van der Waals surface area contributed by atoms with Crippen molar-refractivity contribution in [1.29, 1.82) is 5.26 Å². The number of piperidine rings is 2. The molecule has 2 bridgehead atoms. The van der Waals surface area contributed by atoms with E-state index >= 15 is 0 Å². The number of amides is 1. The van der Waals surface area contributed by atoms with Crippen LogP contribution in [0.2, 0.25) is 0 Å². The SMILES string of the molecule is CCC1CCC(Oc2ccc3cc(C(=O)N4C5CCCC4CC(C(=O)O)C5)ccc3c2C#N)CC1. The first-order valence-electron chi connectivity index (χ1n) is 13.2. The first-order chi connectivity index (χ1) is 17.0. The van der Waals surface area contributed by atoms with Crippen LogP contribution < -0.4 is 4.74 Å². The number of carbonyl (C=O) groups excluding carboxylic acids is 1. The molecule has 0 spiro atoms. The Balaban J connectivity index is 1.37. The van der Waals surface area contributed by atoms with Gasteiger partial charge in [-0.25, -0.2) is 0 Å². The maximum absolute atomic E-state index is 13.6. The summed E-state index contributed by atoms with van der Waals surface area (Å²) in [7, 11) is 0. The van der Waals surface area contributed by atoms with Gasteiger partial charge < -0.3 is 14.7 Å². The van der Waals surface area contributed by atoms with Gasteiger partial charge in [-0.15, -0.1) is 0 Å². The Hall–Kier alpha value is -3.07. The van der Waals surface area contributed by atoms with Gasteiger partial charge in [0.2, 0.25) is 0 Å². The van der Waals surface area contributed by atoms with Gasteiger partial charge in [0.25, 0.3) is 5.91 Å². The molecule has 2 saturated heterocycles. The molecule has 2 unspecified atom stereocenters. The molecule has 2 atom stereocenters. The smallest absolute Gasteiger partial charge is 0.306 e. The topological polar surface area (TPSA) is 90.6 Å². The molecule has 2 heterocycles. The van der Waals surface area contributed by atoms with Crippen LogP contribution >= 0.6 is 0 Å². The number of nitrogens with zero attached hydrogens (tertiary/aromatic N) is 2. The van der Waals surface area contributed by atoms with Crippen molar-refractivity contribution in [2.75, 3.05) is 0 Å². The Morgan fingerprint density at radius 1 is 1.06 bits per heavy atom. The average Bonchev–Trinajstić information content (AvgIpc) is 2.87. The summed E-state index contributed by atoms with van der Waals surface area (Å²) in [6, 6.07) is 11.7. The van der Waals surface area contributed by atoms with E-state index in [9.17, 15) is 20.0 Å². The minimum atomic E-state index is -0.750. The second-order valence-electron chi connectivity index (χ2n) is 10.6. The first-order valence-corrected chi connectivity index (χ1v) is 13.2. The summed E-state index contributed by atoms with van der Waals surface area (Å²) in [4.78, 5) is 27.1. The van der Waals surface area contributed by atoms with Crippen molar-refractivity contribution in [2.45, 2.75) is 89.3 Å². The Bertz CT molecular complexity index is 1150. The van der Waals surface area contributed by atoms with Crippen LogP contribution in [0.3, 0.4) is 0 Å². The summed E-state index contributed by atoms with van der Waals surface area (Å²) in [6.07, 6.45) is 9.58. The van der Waals surface area contributed by atoms with Gasteiger partial charge in [-0.2, -0.15) is 5.26 Å². The summed E-state index contributed by atoms with van der Waals surface area (Å²) in [5.41, 5.74) is 1.12. The number of carboxylic acids is 1. The van der Waals surface area contributed by atoms with Crippen molar-refractivity contribution in [3.63, 3.8) is 0 Å². The molecular formula is C29H34N2O4. The molecule has 6 heteroatoms. The van der Waals surface area contributed by atoms with Crippen molar-refractivity contribution in [3.8, 4) is 11.8 Å². The zero-order valence-corrected chi connectivity index (χ0v) is 20.4. The van der Waals surface area contributed by atoms with Crippen molar-refractivity contribution in [3.05, 3.63) is 41.5 Å². The Kier molecular flexibility index (Phi) is 6.69. The molecule has 2 aromatic carbocycles. The van der Waals surface area contributed by atoms with E-state index in [1.54, 1.807) is 6.07 Å². The standard InChI is InChI=1S/C29H34N2O4/c1-2-18-6-10-24(11-7-18)35-27-13-9-19-14-20(8-12-25(19)26(27)17-30)28(32)31-22-4-3-5-23(31)16-21(15-22)29(33)34/h8-9,12-14,18,21-24H,2-7,10-11,15-16H2,1H3,(H,33,34). The fraction of sp³-hybridized carbons (Fsp3) is 0.552. The van der Waals surface area contributed by atoms with E-state index in [4.69, 9.17) is 4.74 Å². The van der Waals surface area contributed by atoms with Gasteiger partial charge in [-0.1, -0.05) is 25.5 Å². The lowest BCUT2D eigenvalue weighted by molar-refractivity contribution is -0.145. The van der Waals surface area contributed by atoms with Gasteiger partial charge in [0.1, 0.15) is 17.4 Å². The second-order valence-corrected chi connectivity index (χ2v) is 10.6. The molecule has 3 aliphatic rings. The van der Waals surface area contributed by atoms with Gasteiger partial charge in [0.05, 0.1) is 12.0 Å². The largest absolute Gasteiger partial charge is 0.489 e. The van der Waals surface area contributed by atoms with Crippen LogP contribution in [0.25, 0.3) is 10.8 Å². The highest BCUT2D eigenvalue weighted by atomic mass is 16.5. The fourth-order valence-corrected chi connectivity index (χ4v) is 6.56. The lowest BCUT2D eigenvalue weighted by Crippen LogP contribution is -2.55. The average molecular weight is 475 g/mol. The van der Waals surface area contributed by atoms with E-state index in [0.29, 0.717) is 29.7 Å². The summed E-state index contributed by atoms with van der Waals surface area (Å²) in [5, 5.41) is 21.1. The van der Waals surface area contributed by atoms with E-state index in [1.165, 1.54) is 19.3 Å². The number of fused-ring (bicyclic) bond motifs is 3. The second kappa shape index (κ2) is 9.89. The molecule has 0 aromatic heterocycles. The van der Waals surface area contributed by atoms with Crippen LogP contribution in [0.4, 0.5) is 0 Å². The molecule has 1 amide bonds. The minimum Gasteiger partial charge on any atom is -0.489 e. The van der Waals surface area contributed by atoms with E-state index < -0.39 is 5.97 Å². The highest BCUT2D eigenvalue weighted by molar-refractivity contribution is 6.00. The third-order valence-corrected chi connectivity index (χ3v) is 8.56. The normalized spacial score (nSPS) is 28.3. The summed E-state index contributed by atoms with van der Waals surface area (Å²) >= 11 is 0. The van der Waals surface area contributed by atoms with Gasteiger partial charge in [0, 0.05) is 23.0 Å². The van der Waals surface area contributed by atoms with E-state index in [2.05, 4.69) is 13.0 Å². The van der Waals surface area contributed by atoms with Crippen molar-refractivity contribution >= 4 is 22.6 Å². The molecule has 1 saturated carbocycles. The molecule has 1 aliphatic carbocycles. The Morgan fingerprint density at radius 2 is 1.77 bits per heavy atom. The quantitative estimate of drug-likeness (QED) is 0.581. The fourth-order valence-electron chi connectivity index (χ4n) is 6.56. The number of ether oxygens (including phenoxy) is 1. The van der Waals surface area contributed by atoms with Crippen LogP contribution in [-0.2, 0) is 4.79 Å². The van der Waals surface area contributed by atoms with Gasteiger partial charge >= 0.3 is 5.97 Å². The van der Waals surface area contributed by atoms with Crippen molar-refractivity contribution in [1.82, 2.24) is 4.90 Å². The van der Waals surface area contributed by atoms with Crippen molar-refractivity contribution < 1.29 is 19.4 Å². The van der Waals surface area contributed by atoms with E-state index in [0.717, 1.165) is 48.8 Å². The van der Waals surface area contributed by atoms with E-state index in [-0.39, 0.29) is 30.0 Å². The third-order valence-electron chi connectivity index (χ3n) is 8.56. The molecular weight excluding hydrogens is 440 g/mol. The summed E-state index contributed by atoms with van der Waals surface area (Å²) < 4.78 is 6.29. The number of nitriles is 1. The summed E-state index contributed by atoms with van der Waals surface area (Å²) in [6.45, 7) is 2.24. The van der Waals surface area contributed by atoms with Gasteiger partial charge in [-0.3, -0.25) is 9.59 Å². The van der Waals surface area contributed by atoms with Gasteiger partial charge in [-0.05, 0) is 87.3 Å². The monoisotopic (exact) mass is 474 g/mol. The molecule has 3 fully saturated rings. The lowest BCUT2D eigenvalue weighted by atomic mass is 9.78. The first kappa shape index (κ1) is 23.7. The van der Waals surface area contributed by atoms with Crippen LogP contribution in [0, 0.1) is 23.2 Å². The van der Waals surface area contributed by atoms with E-state index in [1.807, 2.05) is 29.2 Å². The minimum absolute atomic E-state index is 0.0139. The number of rotatable bonds is 5. The number of hydrogen-bond donors (Lipinski definition) is 1. The molecule has 0 radical (unpaired) electrons. The number of benzene rings is 2. The van der Waals surface area contributed by atoms with Gasteiger partial charge in [0.15, 0.2) is 0 Å². The molecule has 184 valence electrons. The maximum Gasteiger partial charge on any atom is 0.306 e. The highest BCUT2D eigenvalue weighted by Gasteiger charge is 2.43. The zero-order valence-electron chi connectivity index (χ0n) is 20.4. The van der Waals surface area contributed by atoms with Crippen LogP contribution in [0.15, 0.2) is 30.3 Å². The van der Waals surface area contributed by atoms with Crippen LogP contribution in [0.1, 0.15) is 87.1 Å². The predicted molar refractivity (Wildman–Crippen MR) is 133 cm³/mol. The number of carbonyl (C=O) groups is 2. The number of carboxylic acid groups (broad SMARTS) is 1. The third kappa shape index (κ3) is 4.61. The van der Waals surface area contributed by atoms with Crippen molar-refractivity contribution in [2.24, 2.45) is 11.8 Å². The molecule has 2 aromatic rings. The number of hydrogen-bond acceptors (Lipinski definition) is 4. The zero-order chi connectivity index (χ0) is 24.5. The number of aliphatic carboxylic acids is 1. The summed E-state index contributed by atoms with van der Waals surface area (Å²) in [5.74, 6) is 0.272. The molecule has 35 heavy (non-hydrogen) atoms. The maximum atomic E-state index is 13.6. The molecule has 5 rings (SSSR count). The highest BCUT2D eigenvalue weighted by Crippen LogP contribution is 2.39.